The number of rotatable bonds is 6. The summed E-state index contributed by atoms with van der Waals surface area (Å²) >= 11 is 1.70. The number of hydrogen-bond acceptors (Lipinski definition) is 4. The maximum absolute atomic E-state index is 5.68. The summed E-state index contributed by atoms with van der Waals surface area (Å²) in [4.78, 5) is 5.69. The van der Waals surface area contributed by atoms with Gasteiger partial charge in [0.15, 0.2) is 0 Å². The molecule has 0 radical (unpaired) electrons. The van der Waals surface area contributed by atoms with Gasteiger partial charge >= 0.3 is 0 Å². The molecule has 2 heterocycles. The fourth-order valence-electron chi connectivity index (χ4n) is 2.63. The first-order valence-corrected chi connectivity index (χ1v) is 9.05. The average Bonchev–Trinajstić information content (AvgIpc) is 3.07. The van der Waals surface area contributed by atoms with Gasteiger partial charge in [-0.1, -0.05) is 25.2 Å². The van der Waals surface area contributed by atoms with Crippen molar-refractivity contribution in [1.82, 2.24) is 14.6 Å². The molecule has 3 aromatic rings. The highest BCUT2D eigenvalue weighted by Gasteiger charge is 2.15. The Labute approximate surface area is 141 Å². The van der Waals surface area contributed by atoms with E-state index < -0.39 is 0 Å². The second kappa shape index (κ2) is 6.71. The summed E-state index contributed by atoms with van der Waals surface area (Å²) in [6, 6.07) is 8.08. The first-order chi connectivity index (χ1) is 11.1. The number of hydrogen-bond donors (Lipinski definition) is 0. The van der Waals surface area contributed by atoms with Gasteiger partial charge in [-0.15, -0.1) is 0 Å². The summed E-state index contributed by atoms with van der Waals surface area (Å²) in [7, 11) is 0. The molecule has 0 N–H and O–H groups in total. The van der Waals surface area contributed by atoms with Crippen molar-refractivity contribution >= 4 is 16.3 Å². The SMILES string of the molecule is CCC(CC)c1nn2cc(-c3ccc(OC(C)C)cc3)nc2s1. The Balaban J connectivity index is 1.84. The van der Waals surface area contributed by atoms with E-state index in [4.69, 9.17) is 14.8 Å². The van der Waals surface area contributed by atoms with Gasteiger partial charge in [-0.05, 0) is 51.0 Å². The number of fused-ring (bicyclic) bond motifs is 1. The standard InChI is InChI=1S/C18H23N3OS/c1-5-13(6-2)17-20-21-11-16(19-18(21)23-17)14-7-9-15(10-8-14)22-12(3)4/h7-13H,5-6H2,1-4H3. The predicted octanol–water partition coefficient (Wildman–Crippen LogP) is 5.15. The van der Waals surface area contributed by atoms with E-state index in [9.17, 15) is 0 Å². The van der Waals surface area contributed by atoms with Gasteiger partial charge in [0, 0.05) is 11.5 Å². The van der Waals surface area contributed by atoms with E-state index in [0.717, 1.165) is 34.8 Å². The number of imidazole rings is 1. The van der Waals surface area contributed by atoms with E-state index >= 15 is 0 Å². The Morgan fingerprint density at radius 2 is 1.83 bits per heavy atom. The lowest BCUT2D eigenvalue weighted by Crippen LogP contribution is -2.05. The molecule has 0 aliphatic heterocycles. The monoisotopic (exact) mass is 329 g/mol. The van der Waals surface area contributed by atoms with Crippen LogP contribution >= 0.6 is 11.3 Å². The second-order valence-electron chi connectivity index (χ2n) is 6.00. The molecule has 0 unspecified atom stereocenters. The Hall–Kier alpha value is -1.88. The van der Waals surface area contributed by atoms with E-state index in [1.165, 1.54) is 5.01 Å². The van der Waals surface area contributed by atoms with Crippen molar-refractivity contribution in [3.05, 3.63) is 35.5 Å². The normalized spacial score (nSPS) is 11.7. The van der Waals surface area contributed by atoms with Crippen LogP contribution in [0, 0.1) is 0 Å². The van der Waals surface area contributed by atoms with Gasteiger partial charge in [0.25, 0.3) is 0 Å². The third kappa shape index (κ3) is 3.39. The van der Waals surface area contributed by atoms with Crippen LogP contribution in [0.5, 0.6) is 5.75 Å². The molecule has 0 bridgehead atoms. The minimum atomic E-state index is 0.187. The van der Waals surface area contributed by atoms with Crippen LogP contribution in [0.3, 0.4) is 0 Å². The molecule has 5 heteroatoms. The summed E-state index contributed by atoms with van der Waals surface area (Å²) in [5, 5.41) is 5.89. The van der Waals surface area contributed by atoms with Crippen LogP contribution in [0.25, 0.3) is 16.2 Å². The molecule has 4 nitrogen and oxygen atoms in total. The molecule has 0 amide bonds. The predicted molar refractivity (Wildman–Crippen MR) is 95.4 cm³/mol. The largest absolute Gasteiger partial charge is 0.491 e. The second-order valence-corrected chi connectivity index (χ2v) is 6.99. The zero-order valence-electron chi connectivity index (χ0n) is 14.1. The highest BCUT2D eigenvalue weighted by Crippen LogP contribution is 2.29. The van der Waals surface area contributed by atoms with Crippen LogP contribution in [-0.2, 0) is 0 Å². The highest BCUT2D eigenvalue weighted by molar-refractivity contribution is 7.16. The molecule has 0 spiro atoms. The highest BCUT2D eigenvalue weighted by atomic mass is 32.1. The summed E-state index contributed by atoms with van der Waals surface area (Å²) in [5.74, 6) is 1.43. The molecule has 1 aromatic carbocycles. The molecule has 0 fully saturated rings. The summed E-state index contributed by atoms with van der Waals surface area (Å²) < 4.78 is 7.59. The fourth-order valence-corrected chi connectivity index (χ4v) is 3.78. The van der Waals surface area contributed by atoms with Crippen LogP contribution in [0.4, 0.5) is 0 Å². The Morgan fingerprint density at radius 3 is 2.39 bits per heavy atom. The molecular formula is C18H23N3OS. The Kier molecular flexibility index (Phi) is 4.66. The van der Waals surface area contributed by atoms with Crippen LogP contribution in [0.15, 0.2) is 30.5 Å². The lowest BCUT2D eigenvalue weighted by molar-refractivity contribution is 0.242. The maximum Gasteiger partial charge on any atom is 0.212 e. The molecule has 3 rings (SSSR count). The van der Waals surface area contributed by atoms with Crippen LogP contribution < -0.4 is 4.74 Å². The van der Waals surface area contributed by atoms with Gasteiger partial charge in [-0.25, -0.2) is 9.50 Å². The molecule has 2 aromatic heterocycles. The van der Waals surface area contributed by atoms with E-state index in [1.807, 2.05) is 48.8 Å². The summed E-state index contributed by atoms with van der Waals surface area (Å²) in [5.41, 5.74) is 2.04. The first kappa shape index (κ1) is 16.0. The Morgan fingerprint density at radius 1 is 1.13 bits per heavy atom. The maximum atomic E-state index is 5.68. The zero-order valence-corrected chi connectivity index (χ0v) is 14.9. The van der Waals surface area contributed by atoms with Gasteiger partial charge in [-0.2, -0.15) is 5.10 Å². The molecular weight excluding hydrogens is 306 g/mol. The first-order valence-electron chi connectivity index (χ1n) is 8.23. The molecule has 0 aliphatic rings. The number of benzene rings is 1. The van der Waals surface area contributed by atoms with Crippen LogP contribution in [0.2, 0.25) is 0 Å². The van der Waals surface area contributed by atoms with E-state index in [1.54, 1.807) is 11.3 Å². The quantitative estimate of drug-likeness (QED) is 0.628. The van der Waals surface area contributed by atoms with E-state index in [2.05, 4.69) is 13.8 Å². The van der Waals surface area contributed by atoms with Crippen LogP contribution in [0.1, 0.15) is 51.5 Å². The van der Waals surface area contributed by atoms with Crippen molar-refractivity contribution in [2.75, 3.05) is 0 Å². The van der Waals surface area contributed by atoms with Gasteiger partial charge in [0.05, 0.1) is 18.0 Å². The number of ether oxygens (including phenoxy) is 1. The summed E-state index contributed by atoms with van der Waals surface area (Å²) in [6.45, 7) is 8.48. The van der Waals surface area contributed by atoms with E-state index in [0.29, 0.717) is 5.92 Å². The van der Waals surface area contributed by atoms with Gasteiger partial charge in [0.1, 0.15) is 10.8 Å². The number of aromatic nitrogens is 3. The number of nitrogens with zero attached hydrogens (tertiary/aromatic N) is 3. The molecule has 23 heavy (non-hydrogen) atoms. The van der Waals surface area contributed by atoms with Gasteiger partial charge in [-0.3, -0.25) is 0 Å². The zero-order chi connectivity index (χ0) is 16.4. The minimum Gasteiger partial charge on any atom is -0.491 e. The minimum absolute atomic E-state index is 0.187. The lowest BCUT2D eigenvalue weighted by Gasteiger charge is -2.09. The molecule has 122 valence electrons. The smallest absolute Gasteiger partial charge is 0.212 e. The van der Waals surface area contributed by atoms with Crippen LogP contribution in [-0.4, -0.2) is 20.7 Å². The van der Waals surface area contributed by atoms with Crippen molar-refractivity contribution in [3.8, 4) is 17.0 Å². The average molecular weight is 329 g/mol. The van der Waals surface area contributed by atoms with Crippen molar-refractivity contribution in [3.63, 3.8) is 0 Å². The lowest BCUT2D eigenvalue weighted by atomic mass is 10.1. The summed E-state index contributed by atoms with van der Waals surface area (Å²) in [6.07, 6.45) is 4.44. The van der Waals surface area contributed by atoms with Crippen molar-refractivity contribution in [2.24, 2.45) is 0 Å². The third-order valence-electron chi connectivity index (χ3n) is 3.92. The molecule has 0 saturated heterocycles. The van der Waals surface area contributed by atoms with Crippen molar-refractivity contribution in [2.45, 2.75) is 52.6 Å². The third-order valence-corrected chi connectivity index (χ3v) is 5.00. The van der Waals surface area contributed by atoms with Crippen molar-refractivity contribution in [1.29, 1.82) is 0 Å². The topological polar surface area (TPSA) is 39.4 Å². The van der Waals surface area contributed by atoms with Gasteiger partial charge in [0.2, 0.25) is 4.96 Å². The van der Waals surface area contributed by atoms with Crippen molar-refractivity contribution < 1.29 is 4.74 Å². The van der Waals surface area contributed by atoms with E-state index in [-0.39, 0.29) is 6.10 Å². The molecule has 0 saturated carbocycles. The Bertz CT molecular complexity index is 738. The van der Waals surface area contributed by atoms with Gasteiger partial charge < -0.3 is 4.74 Å². The molecule has 0 atom stereocenters. The molecule has 0 aliphatic carbocycles. The fraction of sp³-hybridized carbons (Fsp3) is 0.444.